The highest BCUT2D eigenvalue weighted by Gasteiger charge is 1.86. The molecule has 0 spiro atoms. The van der Waals surface area contributed by atoms with Crippen molar-refractivity contribution in [3.05, 3.63) is 12.2 Å². The van der Waals surface area contributed by atoms with Gasteiger partial charge in [0, 0.05) is 18.7 Å². The zero-order chi connectivity index (χ0) is 8.57. The molecule has 0 atom stereocenters. The highest BCUT2D eigenvalue weighted by atomic mass is 16.1. The first-order chi connectivity index (χ1) is 4.56. The number of hydrogen-bond acceptors (Lipinski definition) is 3. The highest BCUT2D eigenvalue weighted by Crippen LogP contribution is 1.78. The Morgan fingerprint density at radius 3 is 1.60 bits per heavy atom. The van der Waals surface area contributed by atoms with Crippen molar-refractivity contribution in [2.75, 3.05) is 13.1 Å². The summed E-state index contributed by atoms with van der Waals surface area (Å²) < 4.78 is 0. The van der Waals surface area contributed by atoms with Crippen LogP contribution in [0.2, 0.25) is 0 Å². The molecule has 0 aliphatic heterocycles. The van der Waals surface area contributed by atoms with Crippen LogP contribution in [-0.4, -0.2) is 19.0 Å². The normalized spacial score (nSPS) is 7.50. The maximum atomic E-state index is 9.82. The number of amides is 1. The molecule has 0 radical (unpaired) electrons. The molecule has 0 saturated carbocycles. The Bertz CT molecular complexity index is 97.6. The molecule has 60 valence electrons. The van der Waals surface area contributed by atoms with E-state index in [-0.39, 0.29) is 0 Å². The van der Waals surface area contributed by atoms with Gasteiger partial charge in [0.25, 0.3) is 0 Å². The lowest BCUT2D eigenvalue weighted by molar-refractivity contribution is -0.114. The van der Waals surface area contributed by atoms with Gasteiger partial charge in [0.2, 0.25) is 5.91 Å². The van der Waals surface area contributed by atoms with Crippen LogP contribution in [0.5, 0.6) is 0 Å². The van der Waals surface area contributed by atoms with Crippen LogP contribution in [0.15, 0.2) is 12.2 Å². The topological polar surface area (TPSA) is 95.1 Å². The van der Waals surface area contributed by atoms with Crippen LogP contribution >= 0.6 is 0 Å². The van der Waals surface area contributed by atoms with Crippen molar-refractivity contribution in [2.24, 2.45) is 17.2 Å². The van der Waals surface area contributed by atoms with Gasteiger partial charge in [0.15, 0.2) is 0 Å². The van der Waals surface area contributed by atoms with Crippen molar-refractivity contribution in [1.29, 1.82) is 0 Å². The molecule has 0 aliphatic rings. The quantitative estimate of drug-likeness (QED) is 0.433. The van der Waals surface area contributed by atoms with E-state index in [4.69, 9.17) is 17.2 Å². The second-order valence-corrected chi connectivity index (χ2v) is 1.72. The molecule has 0 saturated heterocycles. The molecule has 0 heterocycles. The molecule has 10 heavy (non-hydrogen) atoms. The summed E-state index contributed by atoms with van der Waals surface area (Å²) in [6, 6.07) is 0. The first kappa shape index (κ1) is 11.9. The van der Waals surface area contributed by atoms with Gasteiger partial charge in [-0.25, -0.2) is 0 Å². The lowest BCUT2D eigenvalue weighted by Gasteiger charge is -1.81. The van der Waals surface area contributed by atoms with E-state index < -0.39 is 5.91 Å². The Hall–Kier alpha value is -0.870. The fraction of sp³-hybridized carbons (Fsp3) is 0.500. The van der Waals surface area contributed by atoms with Crippen molar-refractivity contribution < 1.29 is 4.79 Å². The molecular formula is C6H15N3O. The van der Waals surface area contributed by atoms with Gasteiger partial charge in [-0.05, 0) is 6.92 Å². The second-order valence-electron chi connectivity index (χ2n) is 1.72. The third-order valence-electron chi connectivity index (χ3n) is 0.587. The van der Waals surface area contributed by atoms with Crippen LogP contribution in [0.3, 0.4) is 0 Å². The zero-order valence-electron chi connectivity index (χ0n) is 6.26. The van der Waals surface area contributed by atoms with Crippen LogP contribution in [0.4, 0.5) is 0 Å². The van der Waals surface area contributed by atoms with Gasteiger partial charge in [-0.3, -0.25) is 4.79 Å². The molecule has 0 aromatic rings. The summed E-state index contributed by atoms with van der Waals surface area (Å²) in [5.74, 6) is -0.435. The predicted molar refractivity (Wildman–Crippen MR) is 42.1 cm³/mol. The minimum absolute atomic E-state index is 0.398. The molecule has 6 N–H and O–H groups in total. The van der Waals surface area contributed by atoms with Crippen molar-refractivity contribution in [2.45, 2.75) is 6.92 Å². The van der Waals surface area contributed by atoms with Gasteiger partial charge in [-0.15, -0.1) is 0 Å². The van der Waals surface area contributed by atoms with E-state index in [1.165, 1.54) is 0 Å². The Morgan fingerprint density at radius 1 is 1.40 bits per heavy atom. The van der Waals surface area contributed by atoms with Crippen molar-refractivity contribution in [1.82, 2.24) is 0 Å². The lowest BCUT2D eigenvalue weighted by atomic mass is 10.3. The molecule has 4 nitrogen and oxygen atoms in total. The third kappa shape index (κ3) is 15.7. The molecule has 1 amide bonds. The fourth-order valence-electron chi connectivity index (χ4n) is 0. The van der Waals surface area contributed by atoms with Crippen LogP contribution in [0.25, 0.3) is 0 Å². The van der Waals surface area contributed by atoms with Gasteiger partial charge in [-0.1, -0.05) is 6.58 Å². The van der Waals surface area contributed by atoms with Gasteiger partial charge in [0.1, 0.15) is 0 Å². The Labute approximate surface area is 61.1 Å². The summed E-state index contributed by atoms with van der Waals surface area (Å²) in [7, 11) is 0. The van der Waals surface area contributed by atoms with E-state index >= 15 is 0 Å². The molecule has 4 heteroatoms. The molecule has 0 aliphatic carbocycles. The predicted octanol–water partition coefficient (Wildman–Crippen LogP) is -1.05. The minimum atomic E-state index is -0.435. The van der Waals surface area contributed by atoms with Crippen molar-refractivity contribution in [3.8, 4) is 0 Å². The summed E-state index contributed by atoms with van der Waals surface area (Å²) >= 11 is 0. The zero-order valence-corrected chi connectivity index (χ0v) is 6.26. The van der Waals surface area contributed by atoms with Crippen molar-refractivity contribution in [3.63, 3.8) is 0 Å². The SMILES string of the molecule is C=C(C)C(N)=O.NCCN. The van der Waals surface area contributed by atoms with Gasteiger partial charge in [-0.2, -0.15) is 0 Å². The monoisotopic (exact) mass is 145 g/mol. The first-order valence-corrected chi connectivity index (χ1v) is 2.91. The average molecular weight is 145 g/mol. The molecule has 0 fully saturated rings. The van der Waals surface area contributed by atoms with Crippen LogP contribution < -0.4 is 17.2 Å². The van der Waals surface area contributed by atoms with E-state index in [1.54, 1.807) is 6.92 Å². The van der Waals surface area contributed by atoms with E-state index in [0.29, 0.717) is 18.7 Å². The Kier molecular flexibility index (Phi) is 9.65. The first-order valence-electron chi connectivity index (χ1n) is 2.91. The molecule has 0 aromatic heterocycles. The van der Waals surface area contributed by atoms with E-state index in [0.717, 1.165) is 0 Å². The standard InChI is InChI=1S/C4H7NO.C2H8N2/c1-3(2)4(5)6;3-1-2-4/h1H2,2H3,(H2,5,6);1-4H2. The average Bonchev–Trinajstić information content (AvgIpc) is 1.89. The largest absolute Gasteiger partial charge is 0.366 e. The molecular weight excluding hydrogens is 130 g/mol. The van der Waals surface area contributed by atoms with Gasteiger partial charge in [0.05, 0.1) is 0 Å². The highest BCUT2D eigenvalue weighted by molar-refractivity contribution is 5.90. The lowest BCUT2D eigenvalue weighted by Crippen LogP contribution is -2.11. The summed E-state index contributed by atoms with van der Waals surface area (Å²) in [5.41, 5.74) is 14.9. The van der Waals surface area contributed by atoms with Crippen molar-refractivity contribution >= 4 is 5.91 Å². The van der Waals surface area contributed by atoms with Crippen LogP contribution in [0, 0.1) is 0 Å². The summed E-state index contributed by atoms with van der Waals surface area (Å²) in [4.78, 5) is 9.82. The molecule has 0 unspecified atom stereocenters. The third-order valence-corrected chi connectivity index (χ3v) is 0.587. The Balaban J connectivity index is 0. The molecule has 0 aromatic carbocycles. The van der Waals surface area contributed by atoms with E-state index in [9.17, 15) is 4.79 Å². The molecule has 0 rings (SSSR count). The minimum Gasteiger partial charge on any atom is -0.366 e. The van der Waals surface area contributed by atoms with Crippen LogP contribution in [0.1, 0.15) is 6.92 Å². The maximum Gasteiger partial charge on any atom is 0.243 e. The number of carbonyl (C=O) groups is 1. The molecule has 0 bridgehead atoms. The van der Waals surface area contributed by atoms with Gasteiger partial charge >= 0.3 is 0 Å². The number of primary amides is 1. The maximum absolute atomic E-state index is 9.82. The van der Waals surface area contributed by atoms with Gasteiger partial charge < -0.3 is 17.2 Å². The van der Waals surface area contributed by atoms with E-state index in [2.05, 4.69) is 6.58 Å². The number of hydrogen-bond donors (Lipinski definition) is 3. The number of rotatable bonds is 2. The number of nitrogens with two attached hydrogens (primary N) is 3. The summed E-state index contributed by atoms with van der Waals surface area (Å²) in [5, 5.41) is 0. The Morgan fingerprint density at radius 2 is 1.60 bits per heavy atom. The van der Waals surface area contributed by atoms with Crippen LogP contribution in [-0.2, 0) is 4.79 Å². The fourth-order valence-corrected chi connectivity index (χ4v) is 0. The second kappa shape index (κ2) is 8.13. The summed E-state index contributed by atoms with van der Waals surface area (Å²) in [6.45, 7) is 6.05. The number of carbonyl (C=O) groups excluding carboxylic acids is 1. The van der Waals surface area contributed by atoms with E-state index in [1.807, 2.05) is 0 Å². The summed E-state index contributed by atoms with van der Waals surface area (Å²) in [6.07, 6.45) is 0. The smallest absolute Gasteiger partial charge is 0.243 e.